The molecule has 150 heavy (non-hydrogen) atoms. The van der Waals surface area contributed by atoms with E-state index < -0.39 is 0 Å². The first-order valence-electron chi connectivity index (χ1n) is 47.7. The van der Waals surface area contributed by atoms with Gasteiger partial charge >= 0.3 is 0 Å². The van der Waals surface area contributed by atoms with Gasteiger partial charge in [0.2, 0.25) is 0 Å². The minimum Gasteiger partial charge on any atom is -0.497 e. The molecular formula is C120H122O30. The maximum absolute atomic E-state index is 6.86. The quantitative estimate of drug-likeness (QED) is 0.0342. The maximum atomic E-state index is 6.86. The molecule has 0 aliphatic rings. The van der Waals surface area contributed by atoms with Crippen molar-refractivity contribution in [2.24, 2.45) is 0 Å². The first kappa shape index (κ1) is 107. The molecule has 0 spiro atoms. The van der Waals surface area contributed by atoms with Crippen LogP contribution in [0.4, 0.5) is 0 Å². The number of hydrogen-bond acceptors (Lipinski definition) is 30. The van der Waals surface area contributed by atoms with E-state index in [9.17, 15) is 0 Å². The van der Waals surface area contributed by atoms with Crippen LogP contribution in [0.3, 0.4) is 0 Å². The van der Waals surface area contributed by atoms with Crippen LogP contribution < -0.4 is 142 Å². The zero-order chi connectivity index (χ0) is 105. The summed E-state index contributed by atoms with van der Waals surface area (Å²) in [6.45, 7) is 1.49. The number of rotatable bonds is 58. The van der Waals surface area contributed by atoms with Crippen LogP contribution in [0.1, 0.15) is 77.9 Å². The predicted molar refractivity (Wildman–Crippen MR) is 562 cm³/mol. The van der Waals surface area contributed by atoms with Gasteiger partial charge in [0.1, 0.15) is 265 Å². The van der Waals surface area contributed by atoms with E-state index >= 15 is 0 Å². The van der Waals surface area contributed by atoms with Crippen LogP contribution >= 0.6 is 0 Å². The van der Waals surface area contributed by atoms with Gasteiger partial charge in [0.05, 0.1) is 114 Å². The smallest absolute Gasteiger partial charge is 0.123 e. The van der Waals surface area contributed by atoms with Gasteiger partial charge in [0, 0.05) is 91.0 Å². The summed E-state index contributed by atoms with van der Waals surface area (Å²) in [7, 11) is 25.6. The lowest BCUT2D eigenvalue weighted by Crippen LogP contribution is -2.04. The van der Waals surface area contributed by atoms with Crippen molar-refractivity contribution in [1.29, 1.82) is 0 Å². The van der Waals surface area contributed by atoms with Gasteiger partial charge in [0.15, 0.2) is 0 Å². The fraction of sp³-hybridized carbons (Fsp3) is 0.250. The number of hydrogen-bond donors (Lipinski definition) is 0. The average molecular weight is 2040 g/mol. The monoisotopic (exact) mass is 2040 g/mol. The van der Waals surface area contributed by atoms with Gasteiger partial charge in [-0.25, -0.2) is 0 Å². The van der Waals surface area contributed by atoms with Crippen LogP contribution in [-0.2, 0) is 92.5 Å². The lowest BCUT2D eigenvalue weighted by atomic mass is 10.1. The van der Waals surface area contributed by atoms with Crippen LogP contribution in [0.25, 0.3) is 0 Å². The van der Waals surface area contributed by atoms with Gasteiger partial charge in [-0.05, 0) is 260 Å². The van der Waals surface area contributed by atoms with E-state index in [0.29, 0.717) is 206 Å². The van der Waals surface area contributed by atoms with E-state index in [0.717, 1.165) is 44.5 Å². The molecule has 0 aliphatic carbocycles. The summed E-state index contributed by atoms with van der Waals surface area (Å²) in [6, 6.07) is 85.7. The molecule has 0 N–H and O–H groups in total. The van der Waals surface area contributed by atoms with E-state index in [2.05, 4.69) is 0 Å². The molecule has 30 heteroatoms. The van der Waals surface area contributed by atoms with Crippen molar-refractivity contribution in [3.05, 3.63) is 357 Å². The average Bonchev–Trinajstić information content (AvgIpc) is 0.827. The first-order valence-corrected chi connectivity index (χ1v) is 47.7. The molecule has 0 saturated carbocycles. The SMILES string of the molecule is COc1cc(COc2cc(COc3cc(COc4cccc(OCc5cc(OCc6cc(OCc7cc(OC)cc(OC)c7)cc(OCc7cc(OC)cc(OC)c7)c6)cc(OCc6cc(OCc7cc(OC)cc(OC)c7)cc(OCc7cc(OC)cc(OC)c7)c6)c5)c4)cc(OCc4cc(OCc5cc(OC)cc(OC)c5)cc(OCc5cc(OC)cc(OC)c5)c4)c3)cc(OCc3cc(OC)cc(OC)c3)c2)cc(OC)c1. The highest BCUT2D eigenvalue weighted by molar-refractivity contribution is 5.52. The molecule has 0 saturated heterocycles. The Morgan fingerprint density at radius 3 is 0.260 bits per heavy atom. The van der Waals surface area contributed by atoms with Crippen molar-refractivity contribution in [3.8, 4) is 172 Å². The molecule has 0 bridgehead atoms. The van der Waals surface area contributed by atoms with Crippen LogP contribution in [0, 0.1) is 0 Å². The highest BCUT2D eigenvalue weighted by Gasteiger charge is 2.21. The summed E-state index contributed by atoms with van der Waals surface area (Å²) >= 11 is 0. The van der Waals surface area contributed by atoms with Crippen LogP contribution in [0.5, 0.6) is 172 Å². The predicted octanol–water partition coefficient (Wildman–Crippen LogP) is 23.9. The fourth-order valence-corrected chi connectivity index (χ4v) is 15.9. The molecule has 0 amide bonds. The molecule has 15 aromatic carbocycles. The second-order valence-electron chi connectivity index (χ2n) is 34.2. The Morgan fingerprint density at radius 2 is 0.167 bits per heavy atom. The Morgan fingerprint density at radius 1 is 0.0933 bits per heavy atom. The second-order valence-corrected chi connectivity index (χ2v) is 34.2. The normalized spacial score (nSPS) is 10.8. The first-order chi connectivity index (χ1) is 73.2. The van der Waals surface area contributed by atoms with Gasteiger partial charge in [-0.2, -0.15) is 0 Å². The minimum atomic E-state index is 0.0309. The Kier molecular flexibility index (Phi) is 37.9. The number of benzene rings is 15. The Hall–Kier alpha value is -17.7. The molecule has 30 nitrogen and oxygen atoms in total. The summed E-state index contributed by atoms with van der Waals surface area (Å²) in [6.07, 6.45) is 0. The van der Waals surface area contributed by atoms with E-state index in [1.165, 1.54) is 0 Å². The molecule has 782 valence electrons. The Labute approximate surface area is 873 Å². The van der Waals surface area contributed by atoms with Crippen molar-refractivity contribution >= 4 is 0 Å². The zero-order valence-corrected chi connectivity index (χ0v) is 86.7. The van der Waals surface area contributed by atoms with E-state index in [1.807, 2.05) is 231 Å². The second kappa shape index (κ2) is 53.4. The van der Waals surface area contributed by atoms with E-state index in [-0.39, 0.29) is 92.5 Å². The van der Waals surface area contributed by atoms with Crippen LogP contribution in [-0.4, -0.2) is 114 Å². The summed E-state index contributed by atoms with van der Waals surface area (Å²) < 4.78 is 183. The van der Waals surface area contributed by atoms with Crippen molar-refractivity contribution in [2.75, 3.05) is 114 Å². The van der Waals surface area contributed by atoms with Crippen molar-refractivity contribution < 1.29 is 142 Å². The minimum absolute atomic E-state index is 0.0309. The molecule has 0 radical (unpaired) electrons. The van der Waals surface area contributed by atoms with E-state index in [4.69, 9.17) is 142 Å². The third kappa shape index (κ3) is 31.7. The standard InChI is InChI=1S/C120H122O30/c1-121-93-20-77(21-94(49-93)122-2)65-139-113-40-87(41-114(59-113)140-66-78-22-95(123-3)50-96(23-78)124-4)73-147-109-36-85(37-110(57-109)148-74-88-42-115(141-67-79-24-97(125-5)51-98(25-79)126-6)60-116(43-88)142-68-80-26-99(127-7)52-100(27-80)128-8)63-137-91-18-17-19-92(48-91)138-64-86-38-111(149-75-89-44-117(143-69-81-28-101(129-9)53-102(29-81)130-10)61-118(45-89)144-70-82-30-103(131-11)54-104(31-82)132-12)58-112(39-86)150-76-90-46-119(145-71-83-32-105(133-13)55-106(33-83)134-14)62-120(47-90)146-72-84-34-107(135-15)56-108(35-84)136-16/h17-62H,63-76H2,1-16H3. The summed E-state index contributed by atoms with van der Waals surface area (Å²) in [5.74, 6) is 16.5. The lowest BCUT2D eigenvalue weighted by molar-refractivity contribution is 0.270. The Bertz CT molecular complexity index is 5730. The van der Waals surface area contributed by atoms with Crippen molar-refractivity contribution in [2.45, 2.75) is 92.5 Å². The molecule has 0 fully saturated rings. The third-order valence-electron chi connectivity index (χ3n) is 23.4. The molecular weight excluding hydrogens is 1920 g/mol. The maximum Gasteiger partial charge on any atom is 0.123 e. The molecule has 0 heterocycles. The largest absolute Gasteiger partial charge is 0.497 e. The molecule has 0 unspecified atom stereocenters. The van der Waals surface area contributed by atoms with Gasteiger partial charge in [-0.15, -0.1) is 0 Å². The Balaban J connectivity index is 0.736. The molecule has 15 rings (SSSR count). The third-order valence-corrected chi connectivity index (χ3v) is 23.4. The molecule has 15 aromatic rings. The topological polar surface area (TPSA) is 277 Å². The van der Waals surface area contributed by atoms with Gasteiger partial charge in [0.25, 0.3) is 0 Å². The molecule has 0 aliphatic heterocycles. The summed E-state index contributed by atoms with van der Waals surface area (Å²) in [5, 5.41) is 0. The van der Waals surface area contributed by atoms with Gasteiger partial charge in [-0.1, -0.05) is 6.07 Å². The molecule has 0 atom stereocenters. The highest BCUT2D eigenvalue weighted by atomic mass is 16.6. The van der Waals surface area contributed by atoms with Gasteiger partial charge < -0.3 is 142 Å². The number of methoxy groups -OCH3 is 16. The highest BCUT2D eigenvalue weighted by Crippen LogP contribution is 2.40. The van der Waals surface area contributed by atoms with Crippen LogP contribution in [0.15, 0.2) is 279 Å². The molecule has 0 aromatic heterocycles. The summed E-state index contributed by atoms with van der Waals surface area (Å²) in [5.41, 5.74) is 10.7. The lowest BCUT2D eigenvalue weighted by Gasteiger charge is -2.17. The van der Waals surface area contributed by atoms with Crippen LogP contribution in [0.2, 0.25) is 0 Å². The number of ether oxygens (including phenoxy) is 30. The van der Waals surface area contributed by atoms with E-state index in [1.54, 1.807) is 162 Å². The summed E-state index contributed by atoms with van der Waals surface area (Å²) in [4.78, 5) is 0. The van der Waals surface area contributed by atoms with Gasteiger partial charge in [-0.3, -0.25) is 0 Å². The van der Waals surface area contributed by atoms with Crippen molar-refractivity contribution in [1.82, 2.24) is 0 Å². The fourth-order valence-electron chi connectivity index (χ4n) is 15.9. The van der Waals surface area contributed by atoms with Crippen molar-refractivity contribution in [3.63, 3.8) is 0 Å². The zero-order valence-electron chi connectivity index (χ0n) is 86.7.